The standard InChI is InChI=1S/C25H34N6O3/c26-10-5-12-29-11-4-6-19(9-15-29)31-17-22-23(28-25(31)33)27-20-16-18(7-8-21(20)34-22)24(32)30-13-2-1-3-14-30/h7-8,16-17,19H,1-6,9-15,26H2,(H,27,28,33). The van der Waals surface area contributed by atoms with Crippen LogP contribution in [0, 0.1) is 0 Å². The summed E-state index contributed by atoms with van der Waals surface area (Å²) in [6, 6.07) is 5.53. The Morgan fingerprint density at radius 1 is 1.09 bits per heavy atom. The van der Waals surface area contributed by atoms with Crippen molar-refractivity contribution < 1.29 is 9.53 Å². The SMILES string of the molecule is NCCCN1CCCC(n2cc3c(nc2=O)Nc2cc(C(=O)N4CCCCC4)ccc2O3)CC1. The number of aromatic nitrogens is 2. The zero-order valence-corrected chi connectivity index (χ0v) is 19.7. The number of fused-ring (bicyclic) bond motifs is 2. The summed E-state index contributed by atoms with van der Waals surface area (Å²) in [7, 11) is 0. The minimum Gasteiger partial charge on any atom is -0.450 e. The second-order valence-corrected chi connectivity index (χ2v) is 9.50. The lowest BCUT2D eigenvalue weighted by molar-refractivity contribution is 0.0724. The van der Waals surface area contributed by atoms with Crippen LogP contribution in [-0.4, -0.2) is 64.5 Å². The van der Waals surface area contributed by atoms with Gasteiger partial charge in [-0.2, -0.15) is 4.98 Å². The van der Waals surface area contributed by atoms with E-state index in [1.54, 1.807) is 16.8 Å². The van der Waals surface area contributed by atoms with Crippen LogP contribution in [0.3, 0.4) is 0 Å². The fraction of sp³-hybridized carbons (Fsp3) is 0.560. The van der Waals surface area contributed by atoms with E-state index in [-0.39, 0.29) is 17.6 Å². The van der Waals surface area contributed by atoms with Crippen LogP contribution in [0.25, 0.3) is 0 Å². The second-order valence-electron chi connectivity index (χ2n) is 9.50. The maximum absolute atomic E-state index is 12.9. The van der Waals surface area contributed by atoms with Crippen molar-refractivity contribution in [2.45, 2.75) is 51.0 Å². The summed E-state index contributed by atoms with van der Waals surface area (Å²) in [5.41, 5.74) is 6.66. The number of nitrogens with zero attached hydrogens (tertiary/aromatic N) is 4. The first-order valence-electron chi connectivity index (χ1n) is 12.6. The third kappa shape index (κ3) is 4.81. The molecule has 34 heavy (non-hydrogen) atoms. The van der Waals surface area contributed by atoms with E-state index < -0.39 is 0 Å². The van der Waals surface area contributed by atoms with Gasteiger partial charge in [-0.15, -0.1) is 0 Å². The van der Waals surface area contributed by atoms with E-state index in [1.165, 1.54) is 6.42 Å². The van der Waals surface area contributed by atoms with Crippen molar-refractivity contribution in [1.29, 1.82) is 0 Å². The number of hydrogen-bond acceptors (Lipinski definition) is 7. The number of carbonyl (C=O) groups is 1. The molecule has 0 spiro atoms. The molecule has 3 aliphatic heterocycles. The van der Waals surface area contributed by atoms with E-state index in [0.717, 1.165) is 71.2 Å². The van der Waals surface area contributed by atoms with Crippen LogP contribution in [0.2, 0.25) is 0 Å². The summed E-state index contributed by atoms with van der Waals surface area (Å²) in [5.74, 6) is 1.59. The Kier molecular flexibility index (Phi) is 6.82. The lowest BCUT2D eigenvalue weighted by Gasteiger charge is -2.28. The van der Waals surface area contributed by atoms with E-state index >= 15 is 0 Å². The molecule has 4 heterocycles. The van der Waals surface area contributed by atoms with Crippen molar-refractivity contribution in [3.63, 3.8) is 0 Å². The summed E-state index contributed by atoms with van der Waals surface area (Å²) in [5, 5.41) is 3.21. The Morgan fingerprint density at radius 2 is 1.94 bits per heavy atom. The molecule has 1 amide bonds. The van der Waals surface area contributed by atoms with Crippen LogP contribution in [-0.2, 0) is 0 Å². The first kappa shape index (κ1) is 22.9. The quantitative estimate of drug-likeness (QED) is 0.595. The molecular weight excluding hydrogens is 432 g/mol. The van der Waals surface area contributed by atoms with Gasteiger partial charge in [-0.3, -0.25) is 9.36 Å². The Hall–Kier alpha value is -2.91. The zero-order valence-electron chi connectivity index (χ0n) is 19.7. The van der Waals surface area contributed by atoms with Crippen molar-refractivity contribution in [3.8, 4) is 11.5 Å². The molecule has 182 valence electrons. The van der Waals surface area contributed by atoms with Crippen molar-refractivity contribution in [2.75, 3.05) is 44.6 Å². The minimum atomic E-state index is -0.278. The topological polar surface area (TPSA) is 106 Å². The molecule has 5 rings (SSSR count). The predicted octanol–water partition coefficient (Wildman–Crippen LogP) is 3.09. The molecule has 1 unspecified atom stereocenters. The van der Waals surface area contributed by atoms with Crippen LogP contribution >= 0.6 is 0 Å². The molecule has 9 heteroatoms. The highest BCUT2D eigenvalue weighted by molar-refractivity contribution is 5.96. The third-order valence-electron chi connectivity index (χ3n) is 7.12. The van der Waals surface area contributed by atoms with Gasteiger partial charge in [0.2, 0.25) is 0 Å². The molecule has 1 aromatic heterocycles. The number of carbonyl (C=O) groups excluding carboxylic acids is 1. The summed E-state index contributed by atoms with van der Waals surface area (Å²) >= 11 is 0. The molecule has 0 saturated carbocycles. The number of anilines is 2. The second kappa shape index (κ2) is 10.1. The highest BCUT2D eigenvalue weighted by Gasteiger charge is 2.26. The van der Waals surface area contributed by atoms with Crippen molar-refractivity contribution >= 4 is 17.4 Å². The van der Waals surface area contributed by atoms with Crippen molar-refractivity contribution in [2.24, 2.45) is 5.73 Å². The predicted molar refractivity (Wildman–Crippen MR) is 131 cm³/mol. The first-order chi connectivity index (χ1) is 16.6. The van der Waals surface area contributed by atoms with Gasteiger partial charge in [-0.25, -0.2) is 4.79 Å². The summed E-state index contributed by atoms with van der Waals surface area (Å²) in [6.45, 7) is 5.30. The molecule has 3 aliphatic rings. The highest BCUT2D eigenvalue weighted by Crippen LogP contribution is 2.41. The molecule has 0 aliphatic carbocycles. The average Bonchev–Trinajstić information content (AvgIpc) is 3.11. The molecular formula is C25H34N6O3. The first-order valence-corrected chi connectivity index (χ1v) is 12.6. The van der Waals surface area contributed by atoms with Crippen LogP contribution in [0.1, 0.15) is 61.3 Å². The largest absolute Gasteiger partial charge is 0.450 e. The van der Waals surface area contributed by atoms with Gasteiger partial charge in [0.25, 0.3) is 5.91 Å². The van der Waals surface area contributed by atoms with Gasteiger partial charge >= 0.3 is 5.69 Å². The Balaban J connectivity index is 1.32. The average molecular weight is 467 g/mol. The lowest BCUT2D eigenvalue weighted by atomic mass is 10.1. The number of hydrogen-bond donors (Lipinski definition) is 2. The molecule has 1 aromatic carbocycles. The van der Waals surface area contributed by atoms with Crippen molar-refractivity contribution in [3.05, 3.63) is 40.4 Å². The number of rotatable bonds is 5. The van der Waals surface area contributed by atoms with Gasteiger partial charge in [0, 0.05) is 31.2 Å². The van der Waals surface area contributed by atoms with Gasteiger partial charge in [0.15, 0.2) is 17.3 Å². The molecule has 1 atom stereocenters. The lowest BCUT2D eigenvalue weighted by Crippen LogP contribution is -2.35. The summed E-state index contributed by atoms with van der Waals surface area (Å²) in [4.78, 5) is 34.4. The Bertz CT molecular complexity index is 1090. The third-order valence-corrected chi connectivity index (χ3v) is 7.12. The molecule has 9 nitrogen and oxygen atoms in total. The van der Waals surface area contributed by atoms with Crippen molar-refractivity contribution in [1.82, 2.24) is 19.4 Å². The molecule has 0 bridgehead atoms. The maximum Gasteiger partial charge on any atom is 0.350 e. The van der Waals surface area contributed by atoms with Crippen LogP contribution in [0.5, 0.6) is 11.5 Å². The van der Waals surface area contributed by atoms with E-state index in [9.17, 15) is 9.59 Å². The van der Waals surface area contributed by atoms with Gasteiger partial charge < -0.3 is 25.6 Å². The fourth-order valence-corrected chi connectivity index (χ4v) is 5.21. The number of benzene rings is 1. The van der Waals surface area contributed by atoms with E-state index in [0.29, 0.717) is 35.1 Å². The Labute approximate surface area is 199 Å². The number of nitrogens with one attached hydrogen (secondary N) is 1. The summed E-state index contributed by atoms with van der Waals surface area (Å²) in [6.07, 6.45) is 8.93. The van der Waals surface area contributed by atoms with Gasteiger partial charge in [0.05, 0.1) is 11.9 Å². The van der Waals surface area contributed by atoms with Gasteiger partial charge in [0.1, 0.15) is 0 Å². The summed E-state index contributed by atoms with van der Waals surface area (Å²) < 4.78 is 7.84. The van der Waals surface area contributed by atoms with Gasteiger partial charge in [-0.05, 0) is 82.8 Å². The normalized spacial score (nSPS) is 20.5. The van der Waals surface area contributed by atoms with Crippen LogP contribution in [0.4, 0.5) is 11.5 Å². The van der Waals surface area contributed by atoms with Gasteiger partial charge in [-0.1, -0.05) is 0 Å². The maximum atomic E-state index is 12.9. The Morgan fingerprint density at radius 3 is 2.76 bits per heavy atom. The number of amides is 1. The zero-order chi connectivity index (χ0) is 23.5. The molecule has 3 N–H and O–H groups in total. The molecule has 2 saturated heterocycles. The van der Waals surface area contributed by atoms with E-state index in [4.69, 9.17) is 10.5 Å². The highest BCUT2D eigenvalue weighted by atomic mass is 16.5. The molecule has 2 fully saturated rings. The molecule has 0 radical (unpaired) electrons. The van der Waals surface area contributed by atoms with E-state index in [1.807, 2.05) is 17.0 Å². The number of nitrogens with two attached hydrogens (primary N) is 1. The fourth-order valence-electron chi connectivity index (χ4n) is 5.21. The van der Waals surface area contributed by atoms with Crippen LogP contribution in [0.15, 0.2) is 29.2 Å². The monoisotopic (exact) mass is 466 g/mol. The smallest absolute Gasteiger partial charge is 0.350 e. The van der Waals surface area contributed by atoms with E-state index in [2.05, 4.69) is 15.2 Å². The minimum absolute atomic E-state index is 0.0346. The number of piperidine rings is 1. The number of ether oxygens (including phenoxy) is 1. The van der Waals surface area contributed by atoms with Crippen LogP contribution < -0.4 is 21.5 Å². The number of likely N-dealkylation sites (tertiary alicyclic amines) is 2. The molecule has 2 aromatic rings.